The fourth-order valence-corrected chi connectivity index (χ4v) is 2.13. The molecule has 0 bridgehead atoms. The Bertz CT molecular complexity index is 393. The van der Waals surface area contributed by atoms with Crippen molar-refractivity contribution >= 4 is 0 Å². The molecule has 0 spiro atoms. The zero-order chi connectivity index (χ0) is 15.9. The second-order valence-electron chi connectivity index (χ2n) is 6.82. The van der Waals surface area contributed by atoms with Crippen LogP contribution in [0, 0.1) is 0 Å². The Kier molecular flexibility index (Phi) is 7.20. The largest absolute Gasteiger partial charge is 0.492 e. The number of ether oxygens (including phenoxy) is 1. The van der Waals surface area contributed by atoms with Crippen LogP contribution in [0.25, 0.3) is 0 Å². The maximum Gasteiger partial charge on any atom is 0.119 e. The summed E-state index contributed by atoms with van der Waals surface area (Å²) in [4.78, 5) is 2.40. The van der Waals surface area contributed by atoms with E-state index in [2.05, 4.69) is 76.0 Å². The van der Waals surface area contributed by atoms with Crippen molar-refractivity contribution in [1.82, 2.24) is 10.2 Å². The maximum atomic E-state index is 5.83. The number of hydrogen-bond acceptors (Lipinski definition) is 3. The molecule has 0 radical (unpaired) electrons. The highest BCUT2D eigenvalue weighted by Crippen LogP contribution is 2.13. The number of hydrogen-bond donors (Lipinski definition) is 1. The minimum absolute atomic E-state index is 0.148. The van der Waals surface area contributed by atoms with E-state index in [-0.39, 0.29) is 5.54 Å². The Morgan fingerprint density at radius 3 is 2.24 bits per heavy atom. The smallest absolute Gasteiger partial charge is 0.119 e. The molecule has 1 N–H and O–H groups in total. The summed E-state index contributed by atoms with van der Waals surface area (Å²) < 4.78 is 5.83. The van der Waals surface area contributed by atoms with Crippen LogP contribution >= 0.6 is 0 Å². The fraction of sp³-hybridized carbons (Fsp3) is 0.667. The zero-order valence-corrected chi connectivity index (χ0v) is 14.6. The zero-order valence-electron chi connectivity index (χ0n) is 14.6. The molecule has 0 unspecified atom stereocenters. The van der Waals surface area contributed by atoms with Crippen LogP contribution in [0.1, 0.15) is 47.1 Å². The summed E-state index contributed by atoms with van der Waals surface area (Å²) in [5.41, 5.74) is 1.44. The molecule has 1 aromatic carbocycles. The number of likely N-dealkylation sites (N-methyl/N-ethyl adjacent to an activating group) is 1. The van der Waals surface area contributed by atoms with E-state index in [0.29, 0.717) is 6.04 Å². The second kappa shape index (κ2) is 8.40. The maximum absolute atomic E-state index is 5.83. The number of benzene rings is 1. The van der Waals surface area contributed by atoms with Crippen LogP contribution in [0.4, 0.5) is 0 Å². The summed E-state index contributed by atoms with van der Waals surface area (Å²) in [7, 11) is 0. The van der Waals surface area contributed by atoms with E-state index in [1.165, 1.54) is 5.56 Å². The summed E-state index contributed by atoms with van der Waals surface area (Å²) in [5.74, 6) is 0.953. The molecule has 0 aliphatic carbocycles. The lowest BCUT2D eigenvalue weighted by Gasteiger charge is -2.24. The third kappa shape index (κ3) is 7.49. The monoisotopic (exact) mass is 292 g/mol. The van der Waals surface area contributed by atoms with E-state index < -0.39 is 0 Å². The van der Waals surface area contributed by atoms with Gasteiger partial charge in [-0.05, 0) is 58.9 Å². The molecular weight excluding hydrogens is 260 g/mol. The standard InChI is InChI=1S/C18H32N2O/c1-7-20(15(2)3)12-13-21-17-10-8-16(9-11-17)14-19-18(4,5)6/h8-11,15,19H,7,12-14H2,1-6H3. The average molecular weight is 292 g/mol. The molecule has 0 atom stereocenters. The molecule has 0 aliphatic rings. The Balaban J connectivity index is 2.37. The topological polar surface area (TPSA) is 24.5 Å². The molecule has 3 heteroatoms. The first-order valence-corrected chi connectivity index (χ1v) is 8.02. The van der Waals surface area contributed by atoms with E-state index in [1.54, 1.807) is 0 Å². The van der Waals surface area contributed by atoms with E-state index in [9.17, 15) is 0 Å². The van der Waals surface area contributed by atoms with Crippen molar-refractivity contribution in [2.45, 2.75) is 59.7 Å². The van der Waals surface area contributed by atoms with Gasteiger partial charge in [0.05, 0.1) is 0 Å². The van der Waals surface area contributed by atoms with Crippen molar-refractivity contribution in [3.63, 3.8) is 0 Å². The van der Waals surface area contributed by atoms with Gasteiger partial charge >= 0.3 is 0 Å². The average Bonchev–Trinajstić information content (AvgIpc) is 2.41. The van der Waals surface area contributed by atoms with Gasteiger partial charge in [0.15, 0.2) is 0 Å². The lowest BCUT2D eigenvalue weighted by Crippen LogP contribution is -2.35. The SMILES string of the molecule is CCN(CCOc1ccc(CNC(C)(C)C)cc1)C(C)C. The highest BCUT2D eigenvalue weighted by molar-refractivity contribution is 5.27. The quantitative estimate of drug-likeness (QED) is 0.791. The third-order valence-corrected chi connectivity index (χ3v) is 3.53. The molecule has 0 aliphatic heterocycles. The van der Waals surface area contributed by atoms with Crippen molar-refractivity contribution in [3.05, 3.63) is 29.8 Å². The van der Waals surface area contributed by atoms with Gasteiger partial charge < -0.3 is 10.1 Å². The first kappa shape index (κ1) is 18.0. The molecule has 0 fully saturated rings. The summed E-state index contributed by atoms with van der Waals surface area (Å²) >= 11 is 0. The summed E-state index contributed by atoms with van der Waals surface area (Å²) in [6.45, 7) is 16.8. The second-order valence-corrected chi connectivity index (χ2v) is 6.82. The van der Waals surface area contributed by atoms with Crippen LogP contribution in [-0.2, 0) is 6.54 Å². The van der Waals surface area contributed by atoms with E-state index >= 15 is 0 Å². The molecule has 0 heterocycles. The van der Waals surface area contributed by atoms with Gasteiger partial charge in [-0.1, -0.05) is 19.1 Å². The first-order chi connectivity index (χ1) is 9.81. The highest BCUT2D eigenvalue weighted by atomic mass is 16.5. The molecule has 120 valence electrons. The van der Waals surface area contributed by atoms with E-state index in [4.69, 9.17) is 4.74 Å². The summed E-state index contributed by atoms with van der Waals surface area (Å²) in [6, 6.07) is 8.96. The van der Waals surface area contributed by atoms with Crippen LogP contribution in [0.2, 0.25) is 0 Å². The van der Waals surface area contributed by atoms with Gasteiger partial charge in [-0.3, -0.25) is 4.90 Å². The molecule has 0 aromatic heterocycles. The van der Waals surface area contributed by atoms with Crippen LogP contribution < -0.4 is 10.1 Å². The normalized spacial score (nSPS) is 12.2. The van der Waals surface area contributed by atoms with E-state index in [0.717, 1.165) is 32.0 Å². The fourth-order valence-electron chi connectivity index (χ4n) is 2.13. The molecule has 21 heavy (non-hydrogen) atoms. The van der Waals surface area contributed by atoms with Gasteiger partial charge in [0, 0.05) is 24.7 Å². The first-order valence-electron chi connectivity index (χ1n) is 8.02. The van der Waals surface area contributed by atoms with Gasteiger partial charge in [-0.2, -0.15) is 0 Å². The lowest BCUT2D eigenvalue weighted by atomic mass is 10.1. The van der Waals surface area contributed by atoms with Gasteiger partial charge in [0.25, 0.3) is 0 Å². The molecule has 1 aromatic rings. The molecule has 0 amide bonds. The Morgan fingerprint density at radius 1 is 1.14 bits per heavy atom. The summed E-state index contributed by atoms with van der Waals surface area (Å²) in [6.07, 6.45) is 0. The number of nitrogens with zero attached hydrogens (tertiary/aromatic N) is 1. The molecular formula is C18H32N2O. The molecule has 0 saturated carbocycles. The van der Waals surface area contributed by atoms with Crippen LogP contribution in [0.5, 0.6) is 5.75 Å². The minimum atomic E-state index is 0.148. The molecule has 3 nitrogen and oxygen atoms in total. The van der Waals surface area contributed by atoms with Crippen molar-refractivity contribution in [2.75, 3.05) is 19.7 Å². The Labute approximate surface area is 130 Å². The van der Waals surface area contributed by atoms with Gasteiger partial charge in [-0.15, -0.1) is 0 Å². The number of nitrogens with one attached hydrogen (secondary N) is 1. The van der Waals surface area contributed by atoms with Gasteiger partial charge in [-0.25, -0.2) is 0 Å². The molecule has 1 rings (SSSR count). The highest BCUT2D eigenvalue weighted by Gasteiger charge is 2.08. The van der Waals surface area contributed by atoms with E-state index in [1.807, 2.05) is 0 Å². The van der Waals surface area contributed by atoms with Crippen molar-refractivity contribution in [3.8, 4) is 5.75 Å². The lowest BCUT2D eigenvalue weighted by molar-refractivity contribution is 0.183. The third-order valence-electron chi connectivity index (χ3n) is 3.53. The van der Waals surface area contributed by atoms with Gasteiger partial charge in [0.1, 0.15) is 12.4 Å². The minimum Gasteiger partial charge on any atom is -0.492 e. The predicted octanol–water partition coefficient (Wildman–Crippen LogP) is 3.68. The van der Waals surface area contributed by atoms with Crippen LogP contribution in [0.3, 0.4) is 0 Å². The van der Waals surface area contributed by atoms with Crippen molar-refractivity contribution < 1.29 is 4.74 Å². The van der Waals surface area contributed by atoms with Crippen molar-refractivity contribution in [1.29, 1.82) is 0 Å². The Morgan fingerprint density at radius 2 is 1.76 bits per heavy atom. The molecule has 0 saturated heterocycles. The van der Waals surface area contributed by atoms with Crippen molar-refractivity contribution in [2.24, 2.45) is 0 Å². The van der Waals surface area contributed by atoms with Crippen LogP contribution in [-0.4, -0.2) is 36.2 Å². The van der Waals surface area contributed by atoms with Crippen LogP contribution in [0.15, 0.2) is 24.3 Å². The summed E-state index contributed by atoms with van der Waals surface area (Å²) in [5, 5.41) is 3.49. The van der Waals surface area contributed by atoms with Gasteiger partial charge in [0.2, 0.25) is 0 Å². The predicted molar refractivity (Wildman–Crippen MR) is 90.9 cm³/mol. The number of rotatable bonds is 8. The Hall–Kier alpha value is -1.06.